The highest BCUT2D eigenvalue weighted by Gasteiger charge is 2.15. The molecule has 0 spiro atoms. The number of anilines is 1. The maximum absolute atomic E-state index is 11.2. The number of nitrogens with zero attached hydrogens (tertiary/aromatic N) is 4. The van der Waals surface area contributed by atoms with Crippen molar-refractivity contribution in [2.24, 2.45) is 0 Å². The largest absolute Gasteiger partial charge is 0.399 e. The fraction of sp³-hybridized carbons (Fsp3) is 0.417. The second-order valence-corrected chi connectivity index (χ2v) is 7.11. The summed E-state index contributed by atoms with van der Waals surface area (Å²) in [5.41, 5.74) is 7.34. The highest BCUT2D eigenvalue weighted by atomic mass is 79.9. The lowest BCUT2D eigenvalue weighted by atomic mass is 10.1. The molecule has 1 aromatic carbocycles. The van der Waals surface area contributed by atoms with E-state index < -0.39 is 10.8 Å². The maximum Gasteiger partial charge on any atom is 0.182 e. The zero-order valence-corrected chi connectivity index (χ0v) is 13.7. The van der Waals surface area contributed by atoms with Gasteiger partial charge < -0.3 is 5.73 Å². The number of aromatic nitrogens is 4. The molecule has 0 bridgehead atoms. The number of halogens is 1. The fourth-order valence-corrected chi connectivity index (χ4v) is 3.06. The number of nitrogens with two attached hydrogens (primary N) is 1. The summed E-state index contributed by atoms with van der Waals surface area (Å²) in [6.45, 7) is 2.01. The van der Waals surface area contributed by atoms with Crippen LogP contribution in [-0.4, -0.2) is 36.4 Å². The standard InChI is InChI=1S/C12H16BrN5OS/c1-8(3-4-20(2)19)18-12(15-16-17-18)9-5-10(13)7-11(14)6-9/h5-8H,3-4,14H2,1-2H3. The summed E-state index contributed by atoms with van der Waals surface area (Å²) in [7, 11) is -0.816. The Morgan fingerprint density at radius 3 is 2.85 bits per heavy atom. The molecule has 6 nitrogen and oxygen atoms in total. The Morgan fingerprint density at radius 2 is 2.20 bits per heavy atom. The van der Waals surface area contributed by atoms with Gasteiger partial charge in [-0.1, -0.05) is 15.9 Å². The molecule has 0 fully saturated rings. The molecule has 20 heavy (non-hydrogen) atoms. The van der Waals surface area contributed by atoms with E-state index in [4.69, 9.17) is 5.73 Å². The van der Waals surface area contributed by atoms with Crippen LogP contribution in [0.25, 0.3) is 11.4 Å². The zero-order valence-electron chi connectivity index (χ0n) is 11.3. The molecule has 8 heteroatoms. The average molecular weight is 358 g/mol. The van der Waals surface area contributed by atoms with Gasteiger partial charge in [-0.3, -0.25) is 4.21 Å². The Morgan fingerprint density at radius 1 is 1.45 bits per heavy atom. The molecule has 0 radical (unpaired) electrons. The minimum atomic E-state index is -0.816. The van der Waals surface area contributed by atoms with Crippen molar-refractivity contribution in [3.8, 4) is 11.4 Å². The highest BCUT2D eigenvalue weighted by molar-refractivity contribution is 9.10. The van der Waals surface area contributed by atoms with Crippen LogP contribution in [0.15, 0.2) is 22.7 Å². The van der Waals surface area contributed by atoms with Crippen LogP contribution >= 0.6 is 15.9 Å². The van der Waals surface area contributed by atoms with Gasteiger partial charge in [-0.25, -0.2) is 4.68 Å². The predicted molar refractivity (Wildman–Crippen MR) is 83.6 cm³/mol. The summed E-state index contributed by atoms with van der Waals surface area (Å²) in [6, 6.07) is 5.64. The van der Waals surface area contributed by atoms with E-state index in [1.54, 1.807) is 10.9 Å². The van der Waals surface area contributed by atoms with Gasteiger partial charge in [-0.05, 0) is 42.0 Å². The van der Waals surface area contributed by atoms with Gasteiger partial charge >= 0.3 is 0 Å². The molecule has 0 aliphatic heterocycles. The van der Waals surface area contributed by atoms with E-state index in [1.165, 1.54) is 0 Å². The molecule has 2 rings (SSSR count). The molecular weight excluding hydrogens is 342 g/mol. The van der Waals surface area contributed by atoms with E-state index in [1.807, 2.05) is 25.1 Å². The van der Waals surface area contributed by atoms with Gasteiger partial charge in [0.05, 0.1) is 6.04 Å². The molecule has 2 atom stereocenters. The van der Waals surface area contributed by atoms with Crippen molar-refractivity contribution in [1.29, 1.82) is 0 Å². The zero-order chi connectivity index (χ0) is 14.7. The van der Waals surface area contributed by atoms with Crippen LogP contribution in [-0.2, 0) is 10.8 Å². The first kappa shape index (κ1) is 15.1. The van der Waals surface area contributed by atoms with E-state index in [0.29, 0.717) is 17.3 Å². The molecule has 2 unspecified atom stereocenters. The van der Waals surface area contributed by atoms with E-state index in [9.17, 15) is 4.21 Å². The van der Waals surface area contributed by atoms with Crippen molar-refractivity contribution in [1.82, 2.24) is 20.2 Å². The monoisotopic (exact) mass is 357 g/mol. The summed E-state index contributed by atoms with van der Waals surface area (Å²) >= 11 is 3.41. The maximum atomic E-state index is 11.2. The van der Waals surface area contributed by atoms with Crippen molar-refractivity contribution in [2.75, 3.05) is 17.7 Å². The smallest absolute Gasteiger partial charge is 0.182 e. The van der Waals surface area contributed by atoms with Gasteiger partial charge in [0.15, 0.2) is 5.82 Å². The predicted octanol–water partition coefficient (Wildman–Crippen LogP) is 2.01. The van der Waals surface area contributed by atoms with Crippen molar-refractivity contribution in [3.05, 3.63) is 22.7 Å². The Kier molecular flexibility index (Phi) is 4.87. The molecule has 1 aromatic heterocycles. The summed E-state index contributed by atoms with van der Waals surface area (Å²) < 4.78 is 13.8. The molecule has 0 aliphatic carbocycles. The number of benzene rings is 1. The van der Waals surface area contributed by atoms with Crippen LogP contribution in [0.4, 0.5) is 5.69 Å². The van der Waals surface area contributed by atoms with Crippen LogP contribution < -0.4 is 5.73 Å². The van der Waals surface area contributed by atoms with Crippen molar-refractivity contribution in [2.45, 2.75) is 19.4 Å². The summed E-state index contributed by atoms with van der Waals surface area (Å²) in [5, 5.41) is 11.8. The van der Waals surface area contributed by atoms with Crippen LogP contribution in [0.5, 0.6) is 0 Å². The van der Waals surface area contributed by atoms with Crippen LogP contribution in [0, 0.1) is 0 Å². The first-order valence-corrected chi connectivity index (χ1v) is 8.63. The molecule has 2 N–H and O–H groups in total. The average Bonchev–Trinajstić information content (AvgIpc) is 2.83. The first-order chi connectivity index (χ1) is 9.47. The first-order valence-electron chi connectivity index (χ1n) is 6.11. The second-order valence-electron chi connectivity index (χ2n) is 4.64. The third-order valence-corrected chi connectivity index (χ3v) is 4.18. The quantitative estimate of drug-likeness (QED) is 0.827. The third kappa shape index (κ3) is 3.63. The van der Waals surface area contributed by atoms with Crippen molar-refractivity contribution < 1.29 is 4.21 Å². The molecule has 0 aliphatic rings. The summed E-state index contributed by atoms with van der Waals surface area (Å²) in [5.74, 6) is 1.29. The number of nitrogen functional groups attached to an aromatic ring is 1. The van der Waals surface area contributed by atoms with Gasteiger partial charge in [0.1, 0.15) is 0 Å². The molecule has 0 amide bonds. The summed E-state index contributed by atoms with van der Waals surface area (Å²) in [6.07, 6.45) is 2.45. The minimum absolute atomic E-state index is 0.0732. The topological polar surface area (TPSA) is 86.7 Å². The Labute approximate surface area is 128 Å². The Bertz CT molecular complexity index is 610. The number of hydrogen-bond acceptors (Lipinski definition) is 5. The van der Waals surface area contributed by atoms with E-state index in [0.717, 1.165) is 16.5 Å². The normalized spacial score (nSPS) is 14.2. The molecule has 2 aromatic rings. The van der Waals surface area contributed by atoms with E-state index in [-0.39, 0.29) is 6.04 Å². The minimum Gasteiger partial charge on any atom is -0.399 e. The third-order valence-electron chi connectivity index (χ3n) is 2.91. The molecular formula is C12H16BrN5OS. The fourth-order valence-electron chi connectivity index (χ4n) is 1.88. The molecule has 108 valence electrons. The number of hydrogen-bond donors (Lipinski definition) is 1. The number of tetrazole rings is 1. The summed E-state index contributed by atoms with van der Waals surface area (Å²) in [4.78, 5) is 0. The lowest BCUT2D eigenvalue weighted by Crippen LogP contribution is -2.12. The second kappa shape index (κ2) is 6.45. The molecule has 1 heterocycles. The van der Waals surface area contributed by atoms with Crippen LogP contribution in [0.1, 0.15) is 19.4 Å². The van der Waals surface area contributed by atoms with Gasteiger partial charge in [-0.2, -0.15) is 0 Å². The van der Waals surface area contributed by atoms with Crippen molar-refractivity contribution in [3.63, 3.8) is 0 Å². The SMILES string of the molecule is CC(CCS(C)=O)n1nnnc1-c1cc(N)cc(Br)c1. The van der Waals surface area contributed by atoms with Crippen LogP contribution in [0.2, 0.25) is 0 Å². The van der Waals surface area contributed by atoms with Crippen molar-refractivity contribution >= 4 is 32.4 Å². The molecule has 0 saturated carbocycles. The Hall–Kier alpha value is -1.28. The van der Waals surface area contributed by atoms with Gasteiger partial charge in [0.2, 0.25) is 0 Å². The number of rotatable bonds is 5. The van der Waals surface area contributed by atoms with Gasteiger partial charge in [-0.15, -0.1) is 5.10 Å². The van der Waals surface area contributed by atoms with Crippen LogP contribution in [0.3, 0.4) is 0 Å². The Balaban J connectivity index is 2.30. The lowest BCUT2D eigenvalue weighted by molar-refractivity contribution is 0.470. The van der Waals surface area contributed by atoms with Gasteiger partial charge in [0, 0.05) is 38.5 Å². The lowest BCUT2D eigenvalue weighted by Gasteiger charge is -2.13. The highest BCUT2D eigenvalue weighted by Crippen LogP contribution is 2.26. The van der Waals surface area contributed by atoms with Gasteiger partial charge in [0.25, 0.3) is 0 Å². The molecule has 0 saturated heterocycles. The van der Waals surface area contributed by atoms with E-state index in [2.05, 4.69) is 31.5 Å². The van der Waals surface area contributed by atoms with E-state index >= 15 is 0 Å².